The van der Waals surface area contributed by atoms with Crippen LogP contribution in [-0.4, -0.2) is 30.6 Å². The van der Waals surface area contributed by atoms with Crippen LogP contribution in [-0.2, 0) is 14.3 Å². The van der Waals surface area contributed by atoms with E-state index in [1.54, 1.807) is 24.8 Å². The van der Waals surface area contributed by atoms with Crippen LogP contribution in [0.15, 0.2) is 23.1 Å². The van der Waals surface area contributed by atoms with E-state index in [2.05, 4.69) is 0 Å². The van der Waals surface area contributed by atoms with Crippen LogP contribution >= 0.6 is 11.8 Å². The molecule has 4 nitrogen and oxygen atoms in total. The van der Waals surface area contributed by atoms with Gasteiger partial charge in [0.05, 0.1) is 6.10 Å². The predicted molar refractivity (Wildman–Crippen MR) is 71.4 cm³/mol. The van der Waals surface area contributed by atoms with E-state index in [1.165, 1.54) is 12.1 Å². The number of aryl methyl sites for hydroxylation is 1. The Balaban J connectivity index is 2.28. The van der Waals surface area contributed by atoms with Crippen LogP contribution in [0, 0.1) is 6.92 Å². The molecule has 18 heavy (non-hydrogen) atoms. The second-order valence-corrected chi connectivity index (χ2v) is 7.43. The Morgan fingerprint density at radius 2 is 2.17 bits per heavy atom. The normalized spacial score (nSPS) is 24.3. The molecule has 2 rings (SSSR count). The Labute approximate surface area is 111 Å². The van der Waals surface area contributed by atoms with Gasteiger partial charge >= 0.3 is 0 Å². The molecule has 6 heteroatoms. The van der Waals surface area contributed by atoms with E-state index in [0.717, 1.165) is 12.2 Å². The molecular weight excluding hydrogens is 272 g/mol. The topological polar surface area (TPSA) is 63.6 Å². The van der Waals surface area contributed by atoms with Gasteiger partial charge in [-0.1, -0.05) is 13.0 Å². The highest BCUT2D eigenvalue weighted by Gasteiger charge is 2.31. The van der Waals surface area contributed by atoms with Crippen LogP contribution in [0.5, 0.6) is 5.75 Å². The number of phenols is 1. The van der Waals surface area contributed by atoms with Gasteiger partial charge in [0.15, 0.2) is 0 Å². The van der Waals surface area contributed by atoms with Crippen molar-refractivity contribution in [2.24, 2.45) is 0 Å². The molecule has 0 aromatic heterocycles. The minimum absolute atomic E-state index is 0.0478. The summed E-state index contributed by atoms with van der Waals surface area (Å²) in [6.07, 6.45) is 0.463. The first-order valence-corrected chi connectivity index (χ1v) is 8.20. The van der Waals surface area contributed by atoms with Crippen molar-refractivity contribution < 1.29 is 17.7 Å². The highest BCUT2D eigenvalue weighted by Crippen LogP contribution is 2.32. The average Bonchev–Trinajstić information content (AvgIpc) is 2.67. The number of phenolic OH excluding ortho intramolecular Hbond substituents is 1. The summed E-state index contributed by atoms with van der Waals surface area (Å²) in [5.74, 6) is 0.844. The fraction of sp³-hybridized carbons (Fsp3) is 0.500. The Hall–Kier alpha value is -0.720. The Morgan fingerprint density at radius 1 is 1.44 bits per heavy atom. The summed E-state index contributed by atoms with van der Waals surface area (Å²) in [7, 11) is -3.80. The largest absolute Gasteiger partial charge is 0.508 e. The maximum absolute atomic E-state index is 12.2. The second kappa shape index (κ2) is 5.11. The molecule has 1 N–H and O–H groups in total. The summed E-state index contributed by atoms with van der Waals surface area (Å²) >= 11 is 1.71. The molecule has 0 bridgehead atoms. The van der Waals surface area contributed by atoms with Gasteiger partial charge in [-0.3, -0.25) is 4.18 Å². The maximum atomic E-state index is 12.2. The van der Waals surface area contributed by atoms with E-state index in [9.17, 15) is 13.5 Å². The summed E-state index contributed by atoms with van der Waals surface area (Å²) in [5, 5.41) is 9.57. The summed E-state index contributed by atoms with van der Waals surface area (Å²) in [6, 6.07) is 4.26. The molecule has 1 aromatic carbocycles. The van der Waals surface area contributed by atoms with Crippen LogP contribution < -0.4 is 0 Å². The van der Waals surface area contributed by atoms with E-state index in [-0.39, 0.29) is 22.0 Å². The van der Waals surface area contributed by atoms with Gasteiger partial charge in [-0.2, -0.15) is 20.2 Å². The summed E-state index contributed by atoms with van der Waals surface area (Å²) in [5.41, 5.74) is 0.575. The molecule has 0 aliphatic carbocycles. The molecular formula is C12H16O4S2. The fourth-order valence-corrected chi connectivity index (χ4v) is 4.55. The first kappa shape index (κ1) is 13.7. The van der Waals surface area contributed by atoms with Crippen molar-refractivity contribution >= 4 is 21.9 Å². The van der Waals surface area contributed by atoms with Crippen molar-refractivity contribution in [1.29, 1.82) is 0 Å². The fourth-order valence-electron chi connectivity index (χ4n) is 1.91. The van der Waals surface area contributed by atoms with Crippen molar-refractivity contribution in [2.45, 2.75) is 36.5 Å². The molecule has 1 heterocycles. The van der Waals surface area contributed by atoms with Gasteiger partial charge in [-0.05, 0) is 30.7 Å². The molecule has 1 fully saturated rings. The van der Waals surface area contributed by atoms with Gasteiger partial charge in [0.1, 0.15) is 10.6 Å². The van der Waals surface area contributed by atoms with E-state index in [1.807, 2.05) is 6.92 Å². The molecule has 0 spiro atoms. The summed E-state index contributed by atoms with van der Waals surface area (Å²) in [6.45, 7) is 3.65. The molecule has 2 unspecified atom stereocenters. The lowest BCUT2D eigenvalue weighted by atomic mass is 10.2. The van der Waals surface area contributed by atoms with Crippen LogP contribution in [0.25, 0.3) is 0 Å². The smallest absolute Gasteiger partial charge is 0.297 e. The zero-order chi connectivity index (χ0) is 13.3. The zero-order valence-electron chi connectivity index (χ0n) is 10.3. The SMILES string of the molecule is Cc1ccc(O)cc1S(=O)(=O)OC1CCSC1C. The van der Waals surface area contributed by atoms with Crippen LogP contribution in [0.1, 0.15) is 18.9 Å². The van der Waals surface area contributed by atoms with Gasteiger partial charge in [-0.25, -0.2) is 0 Å². The molecule has 1 aromatic rings. The molecule has 2 atom stereocenters. The molecule has 100 valence electrons. The molecule has 0 radical (unpaired) electrons. The van der Waals surface area contributed by atoms with E-state index in [4.69, 9.17) is 4.18 Å². The third kappa shape index (κ3) is 2.81. The lowest BCUT2D eigenvalue weighted by molar-refractivity contribution is 0.214. The van der Waals surface area contributed by atoms with Gasteiger partial charge in [-0.15, -0.1) is 0 Å². The Kier molecular flexibility index (Phi) is 3.89. The lowest BCUT2D eigenvalue weighted by Crippen LogP contribution is -2.23. The van der Waals surface area contributed by atoms with E-state index in [0.29, 0.717) is 5.56 Å². The molecule has 0 saturated carbocycles. The van der Waals surface area contributed by atoms with Gasteiger partial charge < -0.3 is 5.11 Å². The van der Waals surface area contributed by atoms with Crippen molar-refractivity contribution in [3.05, 3.63) is 23.8 Å². The van der Waals surface area contributed by atoms with Crippen LogP contribution in [0.2, 0.25) is 0 Å². The van der Waals surface area contributed by atoms with Gasteiger partial charge in [0.25, 0.3) is 10.1 Å². The number of thioether (sulfide) groups is 1. The van der Waals surface area contributed by atoms with Crippen molar-refractivity contribution in [1.82, 2.24) is 0 Å². The van der Waals surface area contributed by atoms with E-state index >= 15 is 0 Å². The first-order valence-electron chi connectivity index (χ1n) is 5.74. The Bertz CT molecular complexity index is 539. The third-order valence-corrected chi connectivity index (χ3v) is 5.78. The van der Waals surface area contributed by atoms with Crippen LogP contribution in [0.4, 0.5) is 0 Å². The number of hydrogen-bond donors (Lipinski definition) is 1. The highest BCUT2D eigenvalue weighted by molar-refractivity contribution is 8.00. The maximum Gasteiger partial charge on any atom is 0.297 e. The van der Waals surface area contributed by atoms with Crippen molar-refractivity contribution in [3.63, 3.8) is 0 Å². The molecule has 0 amide bonds. The third-order valence-electron chi connectivity index (χ3n) is 3.00. The standard InChI is InChI=1S/C12H16O4S2/c1-8-3-4-10(13)7-12(8)18(14,15)16-11-5-6-17-9(11)2/h3-4,7,9,11,13H,5-6H2,1-2H3. The number of benzene rings is 1. The van der Waals surface area contributed by atoms with Crippen LogP contribution in [0.3, 0.4) is 0 Å². The minimum atomic E-state index is -3.80. The second-order valence-electron chi connectivity index (χ2n) is 4.40. The highest BCUT2D eigenvalue weighted by atomic mass is 32.2. The molecule has 1 aliphatic rings. The number of aromatic hydroxyl groups is 1. The van der Waals surface area contributed by atoms with Crippen molar-refractivity contribution in [3.8, 4) is 5.75 Å². The first-order chi connectivity index (χ1) is 8.40. The van der Waals surface area contributed by atoms with Gasteiger partial charge in [0, 0.05) is 11.3 Å². The molecule has 1 saturated heterocycles. The quantitative estimate of drug-likeness (QED) is 0.865. The lowest BCUT2D eigenvalue weighted by Gasteiger charge is -2.16. The summed E-state index contributed by atoms with van der Waals surface area (Å²) < 4.78 is 29.6. The zero-order valence-corrected chi connectivity index (χ0v) is 11.9. The number of rotatable bonds is 3. The molecule has 1 aliphatic heterocycles. The number of hydrogen-bond acceptors (Lipinski definition) is 5. The predicted octanol–water partition coefficient (Wildman–Crippen LogP) is 2.30. The average molecular weight is 288 g/mol. The monoisotopic (exact) mass is 288 g/mol. The summed E-state index contributed by atoms with van der Waals surface area (Å²) in [4.78, 5) is 0.0478. The van der Waals surface area contributed by atoms with E-state index < -0.39 is 10.1 Å². The Morgan fingerprint density at radius 3 is 2.78 bits per heavy atom. The van der Waals surface area contributed by atoms with Crippen molar-refractivity contribution in [2.75, 3.05) is 5.75 Å². The van der Waals surface area contributed by atoms with Gasteiger partial charge in [0.2, 0.25) is 0 Å². The minimum Gasteiger partial charge on any atom is -0.508 e.